The average molecular weight is 253 g/mol. The molecule has 1 aromatic heterocycles. The molecule has 0 saturated carbocycles. The second kappa shape index (κ2) is 6.47. The highest BCUT2D eigenvalue weighted by atomic mass is 32.1. The molecule has 0 bridgehead atoms. The Balaban J connectivity index is 1.87. The fraction of sp³-hybridized carbons (Fsp3) is 0.769. The van der Waals surface area contributed by atoms with Crippen LogP contribution in [-0.2, 0) is 13.1 Å². The minimum atomic E-state index is 0.786. The molecule has 1 atom stereocenters. The highest BCUT2D eigenvalue weighted by Crippen LogP contribution is 2.22. The standard InChI is InChI=1S/C13H23N3S/c1-3-12-6-5-7-16(12)9-11-10-17-13(15-11)8-14-4-2/h10,12,14H,3-9H2,1-2H3. The summed E-state index contributed by atoms with van der Waals surface area (Å²) >= 11 is 1.78. The van der Waals surface area contributed by atoms with Gasteiger partial charge in [0.2, 0.25) is 0 Å². The van der Waals surface area contributed by atoms with Crippen LogP contribution in [0.15, 0.2) is 5.38 Å². The fourth-order valence-electron chi connectivity index (χ4n) is 2.51. The topological polar surface area (TPSA) is 28.2 Å². The number of aromatic nitrogens is 1. The molecule has 1 fully saturated rings. The first kappa shape index (κ1) is 13.0. The normalized spacial score (nSPS) is 21.2. The maximum absolute atomic E-state index is 4.69. The lowest BCUT2D eigenvalue weighted by Gasteiger charge is -2.21. The molecule has 2 rings (SSSR count). The highest BCUT2D eigenvalue weighted by molar-refractivity contribution is 7.09. The molecule has 0 amide bonds. The Morgan fingerprint density at radius 1 is 1.53 bits per heavy atom. The molecule has 0 aromatic carbocycles. The van der Waals surface area contributed by atoms with E-state index in [2.05, 4.69) is 29.4 Å². The Bertz CT molecular complexity index is 337. The lowest BCUT2D eigenvalue weighted by atomic mass is 10.2. The van der Waals surface area contributed by atoms with E-state index in [1.165, 1.54) is 36.5 Å². The number of rotatable bonds is 6. The Hall–Kier alpha value is -0.450. The third-order valence-corrected chi connectivity index (χ3v) is 4.36. The lowest BCUT2D eigenvalue weighted by molar-refractivity contribution is 0.237. The molecule has 1 unspecified atom stereocenters. The van der Waals surface area contributed by atoms with Gasteiger partial charge in [0.1, 0.15) is 5.01 Å². The van der Waals surface area contributed by atoms with E-state index in [0.29, 0.717) is 0 Å². The average Bonchev–Trinajstić information content (AvgIpc) is 2.96. The smallest absolute Gasteiger partial charge is 0.107 e. The van der Waals surface area contributed by atoms with E-state index in [1.807, 2.05) is 0 Å². The van der Waals surface area contributed by atoms with Gasteiger partial charge in [-0.15, -0.1) is 11.3 Å². The van der Waals surface area contributed by atoms with Crippen LogP contribution in [-0.4, -0.2) is 29.0 Å². The van der Waals surface area contributed by atoms with Gasteiger partial charge in [-0.2, -0.15) is 0 Å². The number of thiazole rings is 1. The first-order valence-corrected chi connectivity index (χ1v) is 7.59. The summed E-state index contributed by atoms with van der Waals surface area (Å²) in [6, 6.07) is 0.786. The fourth-order valence-corrected chi connectivity index (χ4v) is 3.26. The summed E-state index contributed by atoms with van der Waals surface area (Å²) in [4.78, 5) is 7.28. The molecule has 1 N–H and O–H groups in total. The number of nitrogens with one attached hydrogen (secondary N) is 1. The van der Waals surface area contributed by atoms with Crippen molar-refractivity contribution >= 4 is 11.3 Å². The molecule has 0 radical (unpaired) electrons. The van der Waals surface area contributed by atoms with Crippen LogP contribution in [0.1, 0.15) is 43.8 Å². The zero-order valence-corrected chi connectivity index (χ0v) is 11.7. The van der Waals surface area contributed by atoms with Gasteiger partial charge in [-0.1, -0.05) is 13.8 Å². The maximum Gasteiger partial charge on any atom is 0.107 e. The molecule has 3 nitrogen and oxygen atoms in total. The van der Waals surface area contributed by atoms with Crippen LogP contribution in [0.25, 0.3) is 0 Å². The SMILES string of the molecule is CCNCc1nc(CN2CCCC2CC)cs1. The molecule has 96 valence electrons. The number of hydrogen-bond donors (Lipinski definition) is 1. The second-order valence-electron chi connectivity index (χ2n) is 4.69. The van der Waals surface area contributed by atoms with Gasteiger partial charge in [-0.3, -0.25) is 4.90 Å². The van der Waals surface area contributed by atoms with Crippen LogP contribution in [0.5, 0.6) is 0 Å². The molecule has 2 heterocycles. The predicted molar refractivity (Wildman–Crippen MR) is 73.2 cm³/mol. The highest BCUT2D eigenvalue weighted by Gasteiger charge is 2.23. The molecular weight excluding hydrogens is 230 g/mol. The third-order valence-electron chi connectivity index (χ3n) is 3.46. The van der Waals surface area contributed by atoms with Crippen molar-refractivity contribution in [2.45, 2.75) is 52.2 Å². The van der Waals surface area contributed by atoms with Crippen molar-refractivity contribution in [3.05, 3.63) is 16.1 Å². The molecule has 17 heavy (non-hydrogen) atoms. The van der Waals surface area contributed by atoms with Crippen LogP contribution in [0.3, 0.4) is 0 Å². The van der Waals surface area contributed by atoms with Gasteiger partial charge in [-0.05, 0) is 32.4 Å². The predicted octanol–water partition coefficient (Wildman–Crippen LogP) is 2.63. The summed E-state index contributed by atoms with van der Waals surface area (Å²) in [5.41, 5.74) is 1.25. The van der Waals surface area contributed by atoms with Crippen LogP contribution in [0.2, 0.25) is 0 Å². The zero-order valence-electron chi connectivity index (χ0n) is 10.9. The van der Waals surface area contributed by atoms with Crippen molar-refractivity contribution in [1.82, 2.24) is 15.2 Å². The van der Waals surface area contributed by atoms with Crippen molar-refractivity contribution in [3.8, 4) is 0 Å². The summed E-state index contributed by atoms with van der Waals surface area (Å²) in [7, 11) is 0. The van der Waals surface area contributed by atoms with E-state index >= 15 is 0 Å². The van der Waals surface area contributed by atoms with Crippen molar-refractivity contribution in [3.63, 3.8) is 0 Å². The number of hydrogen-bond acceptors (Lipinski definition) is 4. The molecule has 0 aliphatic carbocycles. The van der Waals surface area contributed by atoms with Gasteiger partial charge in [-0.25, -0.2) is 4.98 Å². The summed E-state index contributed by atoms with van der Waals surface area (Å²) in [5, 5.41) is 6.76. The minimum Gasteiger partial charge on any atom is -0.311 e. The number of nitrogens with zero attached hydrogens (tertiary/aromatic N) is 2. The third kappa shape index (κ3) is 3.50. The van der Waals surface area contributed by atoms with Gasteiger partial charge < -0.3 is 5.32 Å². The van der Waals surface area contributed by atoms with Crippen molar-refractivity contribution in [2.75, 3.05) is 13.1 Å². The first-order chi connectivity index (χ1) is 8.33. The Morgan fingerprint density at radius 2 is 2.41 bits per heavy atom. The van der Waals surface area contributed by atoms with E-state index in [9.17, 15) is 0 Å². The maximum atomic E-state index is 4.69. The Morgan fingerprint density at radius 3 is 3.18 bits per heavy atom. The minimum absolute atomic E-state index is 0.786. The second-order valence-corrected chi connectivity index (χ2v) is 5.63. The quantitative estimate of drug-likeness (QED) is 0.845. The Kier molecular flexibility index (Phi) is 4.95. The lowest BCUT2D eigenvalue weighted by Crippen LogP contribution is -2.28. The van der Waals surface area contributed by atoms with Crippen molar-refractivity contribution in [1.29, 1.82) is 0 Å². The van der Waals surface area contributed by atoms with E-state index in [0.717, 1.165) is 25.7 Å². The van der Waals surface area contributed by atoms with Crippen LogP contribution in [0.4, 0.5) is 0 Å². The van der Waals surface area contributed by atoms with Gasteiger partial charge in [0.25, 0.3) is 0 Å². The zero-order chi connectivity index (χ0) is 12.1. The molecule has 4 heteroatoms. The van der Waals surface area contributed by atoms with E-state index in [-0.39, 0.29) is 0 Å². The van der Waals surface area contributed by atoms with Crippen molar-refractivity contribution < 1.29 is 0 Å². The van der Waals surface area contributed by atoms with Crippen molar-refractivity contribution in [2.24, 2.45) is 0 Å². The van der Waals surface area contributed by atoms with Gasteiger partial charge in [0.15, 0.2) is 0 Å². The van der Waals surface area contributed by atoms with Gasteiger partial charge in [0.05, 0.1) is 5.69 Å². The molecule has 0 spiro atoms. The largest absolute Gasteiger partial charge is 0.311 e. The van der Waals surface area contributed by atoms with Crippen LogP contribution in [0, 0.1) is 0 Å². The molecule has 1 saturated heterocycles. The van der Waals surface area contributed by atoms with Crippen LogP contribution < -0.4 is 5.32 Å². The van der Waals surface area contributed by atoms with E-state index in [1.54, 1.807) is 11.3 Å². The van der Waals surface area contributed by atoms with Crippen LogP contribution >= 0.6 is 11.3 Å². The Labute approximate surface area is 108 Å². The van der Waals surface area contributed by atoms with E-state index < -0.39 is 0 Å². The molecular formula is C13H23N3S. The summed E-state index contributed by atoms with van der Waals surface area (Å²) < 4.78 is 0. The first-order valence-electron chi connectivity index (χ1n) is 6.71. The molecule has 1 aliphatic heterocycles. The summed E-state index contributed by atoms with van der Waals surface area (Å²) in [6.07, 6.45) is 3.99. The van der Waals surface area contributed by atoms with Gasteiger partial charge >= 0.3 is 0 Å². The molecule has 1 aliphatic rings. The monoisotopic (exact) mass is 253 g/mol. The summed E-state index contributed by atoms with van der Waals surface area (Å²) in [6.45, 7) is 8.64. The molecule has 1 aromatic rings. The number of likely N-dealkylation sites (tertiary alicyclic amines) is 1. The van der Waals surface area contributed by atoms with Gasteiger partial charge in [0, 0.05) is 24.5 Å². The van der Waals surface area contributed by atoms with E-state index in [4.69, 9.17) is 4.98 Å². The summed E-state index contributed by atoms with van der Waals surface area (Å²) in [5.74, 6) is 0.